The number of hydrogen-bond acceptors (Lipinski definition) is 5. The van der Waals surface area contributed by atoms with Gasteiger partial charge in [-0.25, -0.2) is 0 Å². The molecule has 1 saturated heterocycles. The van der Waals surface area contributed by atoms with Crippen LogP contribution in [-0.4, -0.2) is 37.3 Å². The number of carbonyl (C=O) groups excluding carboxylic acids is 1. The molecular formula is C21H20N2O3S. The number of aromatic hydroxyl groups is 1. The lowest BCUT2D eigenvalue weighted by molar-refractivity contribution is 0.102. The van der Waals surface area contributed by atoms with Crippen molar-refractivity contribution >= 4 is 28.6 Å². The van der Waals surface area contributed by atoms with Gasteiger partial charge in [0.05, 0.1) is 18.8 Å². The molecule has 0 unspecified atom stereocenters. The zero-order chi connectivity index (χ0) is 18.6. The normalized spacial score (nSPS) is 14.1. The van der Waals surface area contributed by atoms with Crippen LogP contribution in [0.1, 0.15) is 10.4 Å². The number of amides is 1. The molecule has 1 amide bonds. The van der Waals surface area contributed by atoms with Crippen LogP contribution < -0.4 is 10.2 Å². The maximum Gasteiger partial charge on any atom is 0.259 e. The number of nitrogens with zero attached hydrogens (tertiary/aromatic N) is 1. The maximum absolute atomic E-state index is 12.8. The molecule has 2 aromatic carbocycles. The number of ether oxygens (including phenoxy) is 1. The molecule has 0 atom stereocenters. The minimum absolute atomic E-state index is 0.0288. The number of anilines is 2. The summed E-state index contributed by atoms with van der Waals surface area (Å²) in [5, 5.41) is 15.1. The van der Waals surface area contributed by atoms with Crippen LogP contribution in [0.5, 0.6) is 5.75 Å². The van der Waals surface area contributed by atoms with Crippen molar-refractivity contribution in [2.24, 2.45) is 0 Å². The average Bonchev–Trinajstić information content (AvgIpc) is 3.24. The molecule has 0 saturated carbocycles. The van der Waals surface area contributed by atoms with E-state index in [1.165, 1.54) is 0 Å². The molecule has 0 radical (unpaired) electrons. The Kier molecular flexibility index (Phi) is 5.09. The summed E-state index contributed by atoms with van der Waals surface area (Å²) in [5.74, 6) is -0.357. The van der Waals surface area contributed by atoms with Crippen LogP contribution in [-0.2, 0) is 4.74 Å². The molecule has 138 valence electrons. The van der Waals surface area contributed by atoms with E-state index in [9.17, 15) is 9.90 Å². The smallest absolute Gasteiger partial charge is 0.259 e. The lowest BCUT2D eigenvalue weighted by Crippen LogP contribution is -2.36. The Bertz CT molecular complexity index is 934. The topological polar surface area (TPSA) is 61.8 Å². The number of morpholine rings is 1. The summed E-state index contributed by atoms with van der Waals surface area (Å²) in [6.07, 6.45) is 0. The van der Waals surface area contributed by atoms with E-state index in [4.69, 9.17) is 4.74 Å². The highest BCUT2D eigenvalue weighted by atomic mass is 32.1. The predicted molar refractivity (Wildman–Crippen MR) is 109 cm³/mol. The number of rotatable bonds is 4. The molecule has 1 fully saturated rings. The van der Waals surface area contributed by atoms with Crippen molar-refractivity contribution in [3.8, 4) is 16.2 Å². The van der Waals surface area contributed by atoms with Gasteiger partial charge in [0.1, 0.15) is 5.75 Å². The minimum Gasteiger partial charge on any atom is -0.507 e. The Balaban J connectivity index is 1.55. The number of carbonyl (C=O) groups is 1. The van der Waals surface area contributed by atoms with Crippen LogP contribution in [0.25, 0.3) is 10.4 Å². The van der Waals surface area contributed by atoms with Crippen molar-refractivity contribution in [2.75, 3.05) is 36.5 Å². The molecule has 27 heavy (non-hydrogen) atoms. The zero-order valence-corrected chi connectivity index (χ0v) is 15.5. The first-order chi connectivity index (χ1) is 13.2. The third kappa shape index (κ3) is 3.97. The minimum atomic E-state index is -0.328. The van der Waals surface area contributed by atoms with E-state index in [1.54, 1.807) is 23.5 Å². The second-order valence-corrected chi connectivity index (χ2v) is 7.26. The Labute approximate surface area is 161 Å². The Morgan fingerprint density at radius 2 is 1.93 bits per heavy atom. The van der Waals surface area contributed by atoms with Crippen molar-refractivity contribution < 1.29 is 14.6 Å². The molecule has 4 rings (SSSR count). The summed E-state index contributed by atoms with van der Waals surface area (Å²) in [4.78, 5) is 16.0. The fourth-order valence-electron chi connectivity index (χ4n) is 3.12. The third-order valence-corrected chi connectivity index (χ3v) is 5.45. The van der Waals surface area contributed by atoms with Gasteiger partial charge in [-0.3, -0.25) is 4.79 Å². The first-order valence-electron chi connectivity index (χ1n) is 8.82. The molecule has 1 aliphatic heterocycles. The van der Waals surface area contributed by atoms with Gasteiger partial charge in [0.25, 0.3) is 5.91 Å². The second kappa shape index (κ2) is 7.82. The van der Waals surface area contributed by atoms with E-state index in [1.807, 2.05) is 47.8 Å². The SMILES string of the molecule is O=C(Nc1cccc(-c2cccs2)c1)c1cc(N2CCOCC2)ccc1O. The van der Waals surface area contributed by atoms with Crippen molar-refractivity contribution in [2.45, 2.75) is 0 Å². The van der Waals surface area contributed by atoms with Gasteiger partial charge in [0.15, 0.2) is 0 Å². The molecule has 1 aromatic heterocycles. The van der Waals surface area contributed by atoms with Crippen LogP contribution in [0.3, 0.4) is 0 Å². The van der Waals surface area contributed by atoms with Crippen LogP contribution >= 0.6 is 11.3 Å². The molecule has 3 aromatic rings. The van der Waals surface area contributed by atoms with Gasteiger partial charge in [-0.05, 0) is 47.3 Å². The predicted octanol–water partition coefficient (Wildman–Crippen LogP) is 4.21. The standard InChI is InChI=1S/C21H20N2O3S/c24-19-7-6-17(23-8-10-26-11-9-23)14-18(19)21(25)22-16-4-1-3-15(13-16)20-5-2-12-27-20/h1-7,12-14,24H,8-11H2,(H,22,25). The quantitative estimate of drug-likeness (QED) is 0.712. The van der Waals surface area contributed by atoms with Crippen LogP contribution in [0.15, 0.2) is 60.0 Å². The second-order valence-electron chi connectivity index (χ2n) is 6.31. The highest BCUT2D eigenvalue weighted by molar-refractivity contribution is 7.13. The maximum atomic E-state index is 12.8. The van der Waals surface area contributed by atoms with E-state index >= 15 is 0 Å². The number of phenols is 1. The Morgan fingerprint density at radius 1 is 1.07 bits per heavy atom. The molecule has 6 heteroatoms. The van der Waals surface area contributed by atoms with Crippen molar-refractivity contribution in [3.05, 3.63) is 65.5 Å². The summed E-state index contributed by atoms with van der Waals surface area (Å²) in [6, 6.07) is 16.9. The van der Waals surface area contributed by atoms with Gasteiger partial charge >= 0.3 is 0 Å². The van der Waals surface area contributed by atoms with E-state index in [0.717, 1.165) is 29.2 Å². The lowest BCUT2D eigenvalue weighted by Gasteiger charge is -2.29. The molecule has 1 aliphatic rings. The number of thiophene rings is 1. The summed E-state index contributed by atoms with van der Waals surface area (Å²) < 4.78 is 5.37. The van der Waals surface area contributed by atoms with E-state index in [-0.39, 0.29) is 17.2 Å². The average molecular weight is 380 g/mol. The van der Waals surface area contributed by atoms with Gasteiger partial charge < -0.3 is 20.1 Å². The van der Waals surface area contributed by atoms with E-state index < -0.39 is 0 Å². The van der Waals surface area contributed by atoms with Crippen LogP contribution in [0, 0.1) is 0 Å². The number of hydrogen-bond donors (Lipinski definition) is 2. The molecule has 0 bridgehead atoms. The first-order valence-corrected chi connectivity index (χ1v) is 9.70. The fraction of sp³-hybridized carbons (Fsp3) is 0.190. The van der Waals surface area contributed by atoms with E-state index in [2.05, 4.69) is 10.2 Å². The monoisotopic (exact) mass is 380 g/mol. The largest absolute Gasteiger partial charge is 0.507 e. The summed E-state index contributed by atoms with van der Waals surface area (Å²) in [6.45, 7) is 2.87. The summed E-state index contributed by atoms with van der Waals surface area (Å²) in [5.41, 5.74) is 2.92. The zero-order valence-electron chi connectivity index (χ0n) is 14.7. The van der Waals surface area contributed by atoms with Crippen molar-refractivity contribution in [1.82, 2.24) is 0 Å². The third-order valence-electron chi connectivity index (χ3n) is 4.53. The van der Waals surface area contributed by atoms with E-state index in [0.29, 0.717) is 18.9 Å². The molecule has 0 aliphatic carbocycles. The molecule has 2 heterocycles. The van der Waals surface area contributed by atoms with Crippen molar-refractivity contribution in [3.63, 3.8) is 0 Å². The summed E-state index contributed by atoms with van der Waals surface area (Å²) >= 11 is 1.65. The van der Waals surface area contributed by atoms with Gasteiger partial charge in [-0.2, -0.15) is 0 Å². The van der Waals surface area contributed by atoms with Crippen LogP contribution in [0.2, 0.25) is 0 Å². The number of phenolic OH excluding ortho intramolecular Hbond substituents is 1. The fourth-order valence-corrected chi connectivity index (χ4v) is 3.84. The molecule has 2 N–H and O–H groups in total. The first kappa shape index (κ1) is 17.6. The van der Waals surface area contributed by atoms with Gasteiger partial charge in [-0.15, -0.1) is 11.3 Å². The lowest BCUT2D eigenvalue weighted by atomic mass is 10.1. The highest BCUT2D eigenvalue weighted by Crippen LogP contribution is 2.28. The highest BCUT2D eigenvalue weighted by Gasteiger charge is 2.17. The summed E-state index contributed by atoms with van der Waals surface area (Å²) in [7, 11) is 0. The Hall–Kier alpha value is -2.83. The van der Waals surface area contributed by atoms with Crippen LogP contribution in [0.4, 0.5) is 11.4 Å². The molecule has 0 spiro atoms. The van der Waals surface area contributed by atoms with Gasteiger partial charge in [-0.1, -0.05) is 18.2 Å². The molecule has 5 nitrogen and oxygen atoms in total. The molecular weight excluding hydrogens is 360 g/mol. The van der Waals surface area contributed by atoms with Gasteiger partial charge in [0, 0.05) is 29.3 Å². The Morgan fingerprint density at radius 3 is 2.70 bits per heavy atom. The number of nitrogens with one attached hydrogen (secondary N) is 1. The van der Waals surface area contributed by atoms with Gasteiger partial charge in [0.2, 0.25) is 0 Å². The van der Waals surface area contributed by atoms with Crippen molar-refractivity contribution in [1.29, 1.82) is 0 Å². The number of benzene rings is 2.